The third kappa shape index (κ3) is 4.17. The van der Waals surface area contributed by atoms with E-state index in [2.05, 4.69) is 27.3 Å². The van der Waals surface area contributed by atoms with Crippen molar-refractivity contribution in [1.29, 1.82) is 0 Å². The average Bonchev–Trinajstić information content (AvgIpc) is 2.79. The van der Waals surface area contributed by atoms with Crippen LogP contribution in [-0.4, -0.2) is 37.3 Å². The number of nitrogens with one attached hydrogen (secondary N) is 1. The van der Waals surface area contributed by atoms with Gasteiger partial charge in [-0.2, -0.15) is 4.98 Å². The fraction of sp³-hybridized carbons (Fsp3) is 0.571. The Kier molecular flexibility index (Phi) is 5.17. The summed E-state index contributed by atoms with van der Waals surface area (Å²) in [6.45, 7) is 8.02. The summed E-state index contributed by atoms with van der Waals surface area (Å²) >= 11 is 1.33. The van der Waals surface area contributed by atoms with Gasteiger partial charge < -0.3 is 5.32 Å². The molecular weight excluding hydrogens is 286 g/mol. The number of aromatic nitrogens is 4. The van der Waals surface area contributed by atoms with Gasteiger partial charge in [0.25, 0.3) is 5.78 Å². The summed E-state index contributed by atoms with van der Waals surface area (Å²) in [6, 6.07) is 2.17. The molecule has 1 N–H and O–H groups in total. The molecule has 0 aliphatic carbocycles. The third-order valence-electron chi connectivity index (χ3n) is 3.06. The quantitative estimate of drug-likeness (QED) is 0.828. The Labute approximate surface area is 128 Å². The van der Waals surface area contributed by atoms with Crippen LogP contribution in [0.25, 0.3) is 5.78 Å². The molecule has 2 rings (SSSR count). The number of thioether (sulfide) groups is 1. The molecule has 0 bridgehead atoms. The predicted octanol–water partition coefficient (Wildman–Crippen LogP) is 2.14. The van der Waals surface area contributed by atoms with Gasteiger partial charge >= 0.3 is 0 Å². The summed E-state index contributed by atoms with van der Waals surface area (Å²) in [5, 5.41) is 7.91. The molecule has 0 radical (unpaired) electrons. The zero-order chi connectivity index (χ0) is 15.4. The Morgan fingerprint density at radius 1 is 1.43 bits per heavy atom. The van der Waals surface area contributed by atoms with E-state index in [-0.39, 0.29) is 11.9 Å². The molecule has 1 unspecified atom stereocenters. The average molecular weight is 307 g/mol. The van der Waals surface area contributed by atoms with Crippen molar-refractivity contribution in [3.63, 3.8) is 0 Å². The summed E-state index contributed by atoms with van der Waals surface area (Å²) in [4.78, 5) is 20.5. The Morgan fingerprint density at radius 3 is 2.90 bits per heavy atom. The topological polar surface area (TPSA) is 72.2 Å². The molecule has 21 heavy (non-hydrogen) atoms. The fourth-order valence-corrected chi connectivity index (χ4v) is 2.79. The zero-order valence-corrected chi connectivity index (χ0v) is 13.7. The SMILES string of the molecule is CCCC(C)NC(=O)CSc1nc2nc(C)cc(C)n2n1. The lowest BCUT2D eigenvalue weighted by Crippen LogP contribution is -2.33. The maximum atomic E-state index is 11.8. The number of aryl methyl sites for hydroxylation is 2. The van der Waals surface area contributed by atoms with Crippen molar-refractivity contribution in [3.05, 3.63) is 17.5 Å². The third-order valence-corrected chi connectivity index (χ3v) is 3.90. The van der Waals surface area contributed by atoms with Crippen LogP contribution in [-0.2, 0) is 4.79 Å². The normalized spacial score (nSPS) is 12.6. The van der Waals surface area contributed by atoms with E-state index in [0.717, 1.165) is 24.2 Å². The Morgan fingerprint density at radius 2 is 2.19 bits per heavy atom. The molecule has 2 aromatic heterocycles. The highest BCUT2D eigenvalue weighted by atomic mass is 32.2. The molecule has 1 atom stereocenters. The lowest BCUT2D eigenvalue weighted by Gasteiger charge is -2.11. The molecule has 0 aliphatic heterocycles. The van der Waals surface area contributed by atoms with E-state index in [9.17, 15) is 4.79 Å². The maximum Gasteiger partial charge on any atom is 0.253 e. The van der Waals surface area contributed by atoms with E-state index in [4.69, 9.17) is 0 Å². The monoisotopic (exact) mass is 307 g/mol. The van der Waals surface area contributed by atoms with Gasteiger partial charge in [-0.15, -0.1) is 5.10 Å². The summed E-state index contributed by atoms with van der Waals surface area (Å²) in [5.41, 5.74) is 1.90. The van der Waals surface area contributed by atoms with Crippen LogP contribution in [0, 0.1) is 13.8 Å². The van der Waals surface area contributed by atoms with Gasteiger partial charge in [-0.05, 0) is 33.3 Å². The van der Waals surface area contributed by atoms with Crippen molar-refractivity contribution in [1.82, 2.24) is 24.9 Å². The molecule has 2 heterocycles. The van der Waals surface area contributed by atoms with Gasteiger partial charge in [-0.1, -0.05) is 25.1 Å². The first-order valence-electron chi connectivity index (χ1n) is 7.12. The van der Waals surface area contributed by atoms with Crippen LogP contribution in [0.3, 0.4) is 0 Å². The van der Waals surface area contributed by atoms with Gasteiger partial charge in [-0.3, -0.25) is 4.79 Å². The smallest absolute Gasteiger partial charge is 0.253 e. The first-order valence-corrected chi connectivity index (χ1v) is 8.11. The predicted molar refractivity (Wildman–Crippen MR) is 83.5 cm³/mol. The highest BCUT2D eigenvalue weighted by Crippen LogP contribution is 2.15. The Bertz CT molecular complexity index is 640. The van der Waals surface area contributed by atoms with Gasteiger partial charge in [-0.25, -0.2) is 9.50 Å². The van der Waals surface area contributed by atoms with Crippen LogP contribution >= 0.6 is 11.8 Å². The minimum absolute atomic E-state index is 0.0145. The number of nitrogens with zero attached hydrogens (tertiary/aromatic N) is 4. The number of hydrogen-bond acceptors (Lipinski definition) is 5. The van der Waals surface area contributed by atoms with E-state index < -0.39 is 0 Å². The molecule has 0 fully saturated rings. The molecule has 6 nitrogen and oxygen atoms in total. The molecule has 1 amide bonds. The molecule has 0 spiro atoms. The van der Waals surface area contributed by atoms with Crippen LogP contribution < -0.4 is 5.32 Å². The second-order valence-corrected chi connectivity index (χ2v) is 6.13. The first kappa shape index (κ1) is 15.8. The summed E-state index contributed by atoms with van der Waals surface area (Å²) in [7, 11) is 0. The van der Waals surface area contributed by atoms with Crippen molar-refractivity contribution in [2.45, 2.75) is 51.7 Å². The van der Waals surface area contributed by atoms with Crippen molar-refractivity contribution in [2.75, 3.05) is 5.75 Å². The maximum absolute atomic E-state index is 11.8. The van der Waals surface area contributed by atoms with E-state index in [1.807, 2.05) is 26.8 Å². The van der Waals surface area contributed by atoms with Crippen molar-refractivity contribution in [2.24, 2.45) is 0 Å². The van der Waals surface area contributed by atoms with Crippen molar-refractivity contribution < 1.29 is 4.79 Å². The molecule has 2 aromatic rings. The summed E-state index contributed by atoms with van der Waals surface area (Å²) in [5.74, 6) is 0.915. The van der Waals surface area contributed by atoms with Crippen molar-refractivity contribution >= 4 is 23.4 Å². The van der Waals surface area contributed by atoms with Crippen LogP contribution in [0.1, 0.15) is 38.1 Å². The molecule has 0 saturated heterocycles. The zero-order valence-electron chi connectivity index (χ0n) is 12.9. The van der Waals surface area contributed by atoms with Crippen LogP contribution in [0.5, 0.6) is 0 Å². The fourth-order valence-electron chi connectivity index (χ4n) is 2.16. The van der Waals surface area contributed by atoms with E-state index in [1.54, 1.807) is 4.52 Å². The highest BCUT2D eigenvalue weighted by Gasteiger charge is 2.11. The number of amides is 1. The van der Waals surface area contributed by atoms with Crippen LogP contribution in [0.2, 0.25) is 0 Å². The lowest BCUT2D eigenvalue weighted by atomic mass is 10.2. The van der Waals surface area contributed by atoms with E-state index >= 15 is 0 Å². The molecule has 114 valence electrons. The minimum Gasteiger partial charge on any atom is -0.353 e. The van der Waals surface area contributed by atoms with Gasteiger partial charge in [0.1, 0.15) is 0 Å². The highest BCUT2D eigenvalue weighted by molar-refractivity contribution is 7.99. The van der Waals surface area contributed by atoms with Crippen molar-refractivity contribution in [3.8, 4) is 0 Å². The Balaban J connectivity index is 1.97. The summed E-state index contributed by atoms with van der Waals surface area (Å²) < 4.78 is 1.70. The second-order valence-electron chi connectivity index (χ2n) is 5.19. The van der Waals surface area contributed by atoms with Crippen LogP contribution in [0.4, 0.5) is 0 Å². The molecule has 0 saturated carbocycles. The molecule has 0 aliphatic rings. The standard InChI is InChI=1S/C14H21N5OS/c1-5-6-9(2)15-12(20)8-21-14-17-13-16-10(3)7-11(4)19(13)18-14/h7,9H,5-6,8H2,1-4H3,(H,15,20). The molecule has 7 heteroatoms. The lowest BCUT2D eigenvalue weighted by molar-refractivity contribution is -0.119. The van der Waals surface area contributed by atoms with E-state index in [1.165, 1.54) is 11.8 Å². The number of fused-ring (bicyclic) bond motifs is 1. The molecule has 0 aromatic carbocycles. The Hall–Kier alpha value is -1.63. The first-order chi connectivity index (χ1) is 9.99. The molecular formula is C14H21N5OS. The number of carbonyl (C=O) groups excluding carboxylic acids is 1. The van der Waals surface area contributed by atoms with E-state index in [0.29, 0.717) is 16.7 Å². The van der Waals surface area contributed by atoms with Gasteiger partial charge in [0.05, 0.1) is 5.75 Å². The second kappa shape index (κ2) is 6.89. The number of hydrogen-bond donors (Lipinski definition) is 1. The van der Waals surface area contributed by atoms with Gasteiger partial charge in [0, 0.05) is 17.4 Å². The summed E-state index contributed by atoms with van der Waals surface area (Å²) in [6.07, 6.45) is 2.05. The van der Waals surface area contributed by atoms with Gasteiger partial charge in [0.2, 0.25) is 11.1 Å². The van der Waals surface area contributed by atoms with Gasteiger partial charge in [0.15, 0.2) is 0 Å². The minimum atomic E-state index is 0.0145. The largest absolute Gasteiger partial charge is 0.353 e. The van der Waals surface area contributed by atoms with Crippen LogP contribution in [0.15, 0.2) is 11.2 Å². The number of carbonyl (C=O) groups is 1. The number of rotatable bonds is 6.